The number of rotatable bonds is 7. The molecule has 0 amide bonds. The molecule has 4 aromatic carbocycles. The Morgan fingerprint density at radius 2 is 1.70 bits per heavy atom. The number of hydrogen-bond donors (Lipinski definition) is 0. The van der Waals surface area contributed by atoms with Crippen molar-refractivity contribution < 1.29 is 9.66 Å². The third-order valence-corrected chi connectivity index (χ3v) is 6.00. The Morgan fingerprint density at radius 3 is 2.49 bits per heavy atom. The molecule has 5 aromatic rings. The average molecular weight is 511 g/mol. The SMILES string of the molecule is O=c1c2ccccc2nc(-c2ccccc2)n1N=Cc1ccc(OCc2ccccc2Cl)c([N+](=O)[O-])c1. The summed E-state index contributed by atoms with van der Waals surface area (Å²) in [7, 11) is 0. The Hall–Kier alpha value is -4.82. The Bertz CT molecular complexity index is 1700. The number of para-hydroxylation sites is 1. The largest absolute Gasteiger partial charge is 0.482 e. The third-order valence-electron chi connectivity index (χ3n) is 5.63. The quantitative estimate of drug-likeness (QED) is 0.150. The van der Waals surface area contributed by atoms with E-state index in [1.54, 1.807) is 42.5 Å². The van der Waals surface area contributed by atoms with Gasteiger partial charge in [0.15, 0.2) is 11.6 Å². The Labute approximate surface area is 216 Å². The first kappa shape index (κ1) is 23.9. The van der Waals surface area contributed by atoms with E-state index in [0.717, 1.165) is 0 Å². The van der Waals surface area contributed by atoms with Crippen LogP contribution in [0, 0.1) is 10.1 Å². The van der Waals surface area contributed by atoms with Gasteiger partial charge in [-0.15, -0.1) is 0 Å². The minimum Gasteiger partial charge on any atom is -0.482 e. The first-order chi connectivity index (χ1) is 18.0. The molecule has 0 fully saturated rings. The van der Waals surface area contributed by atoms with Gasteiger partial charge in [-0.2, -0.15) is 9.78 Å². The summed E-state index contributed by atoms with van der Waals surface area (Å²) in [5, 5.41) is 17.1. The van der Waals surface area contributed by atoms with Crippen LogP contribution in [-0.2, 0) is 6.61 Å². The zero-order chi connectivity index (χ0) is 25.8. The molecule has 5 rings (SSSR count). The van der Waals surface area contributed by atoms with Gasteiger partial charge in [0, 0.05) is 27.8 Å². The molecule has 0 saturated carbocycles. The molecule has 0 radical (unpaired) electrons. The fraction of sp³-hybridized carbons (Fsp3) is 0.0357. The molecule has 1 aromatic heterocycles. The number of hydrogen-bond acceptors (Lipinski definition) is 6. The van der Waals surface area contributed by atoms with Gasteiger partial charge in [-0.1, -0.05) is 72.3 Å². The van der Waals surface area contributed by atoms with Crippen LogP contribution in [0.1, 0.15) is 11.1 Å². The zero-order valence-electron chi connectivity index (χ0n) is 19.3. The van der Waals surface area contributed by atoms with Crippen LogP contribution >= 0.6 is 11.6 Å². The fourth-order valence-corrected chi connectivity index (χ4v) is 3.97. The summed E-state index contributed by atoms with van der Waals surface area (Å²) in [5.74, 6) is 0.450. The second-order valence-electron chi connectivity index (χ2n) is 8.04. The van der Waals surface area contributed by atoms with Crippen molar-refractivity contribution >= 4 is 34.4 Å². The van der Waals surface area contributed by atoms with Gasteiger partial charge in [-0.3, -0.25) is 14.9 Å². The number of fused-ring (bicyclic) bond motifs is 1. The lowest BCUT2D eigenvalue weighted by molar-refractivity contribution is -0.385. The van der Waals surface area contributed by atoms with Gasteiger partial charge < -0.3 is 4.74 Å². The lowest BCUT2D eigenvalue weighted by atomic mass is 10.2. The van der Waals surface area contributed by atoms with Crippen molar-refractivity contribution in [3.8, 4) is 17.1 Å². The molecule has 0 bridgehead atoms. The van der Waals surface area contributed by atoms with E-state index in [1.165, 1.54) is 23.0 Å². The molecule has 0 saturated heterocycles. The maximum absolute atomic E-state index is 13.3. The van der Waals surface area contributed by atoms with E-state index in [4.69, 9.17) is 16.3 Å². The maximum atomic E-state index is 13.3. The second kappa shape index (κ2) is 10.4. The standard InChI is InChI=1S/C28H19ClN4O4/c29-23-12-6-4-10-21(23)18-37-26-15-14-19(16-25(26)33(35)36)17-30-32-27(20-8-2-1-3-9-20)31-24-13-7-5-11-22(24)28(32)34/h1-17H,18H2. The normalized spacial score (nSPS) is 11.2. The van der Waals surface area contributed by atoms with Gasteiger partial charge >= 0.3 is 5.69 Å². The highest BCUT2D eigenvalue weighted by molar-refractivity contribution is 6.31. The molecule has 0 N–H and O–H groups in total. The van der Waals surface area contributed by atoms with Crippen LogP contribution in [0.5, 0.6) is 5.75 Å². The summed E-state index contributed by atoms with van der Waals surface area (Å²) >= 11 is 6.16. The summed E-state index contributed by atoms with van der Waals surface area (Å²) in [6.07, 6.45) is 1.38. The zero-order valence-corrected chi connectivity index (χ0v) is 20.1. The number of nitrogens with zero attached hydrogens (tertiary/aromatic N) is 4. The number of nitro benzene ring substituents is 1. The molecule has 1 heterocycles. The molecule has 0 spiro atoms. The van der Waals surface area contributed by atoms with Gasteiger partial charge in [0.25, 0.3) is 5.56 Å². The smallest absolute Gasteiger partial charge is 0.311 e. The number of benzene rings is 4. The fourth-order valence-electron chi connectivity index (χ4n) is 3.78. The van der Waals surface area contributed by atoms with Crippen molar-refractivity contribution in [1.82, 2.24) is 9.66 Å². The molecule has 0 atom stereocenters. The molecule has 8 nitrogen and oxygen atoms in total. The summed E-state index contributed by atoms with van der Waals surface area (Å²) < 4.78 is 6.89. The van der Waals surface area contributed by atoms with E-state index >= 15 is 0 Å². The predicted molar refractivity (Wildman–Crippen MR) is 143 cm³/mol. The molecule has 9 heteroatoms. The number of halogens is 1. The molecular formula is C28H19ClN4O4. The lowest BCUT2D eigenvalue weighted by Crippen LogP contribution is -2.20. The topological polar surface area (TPSA) is 99.6 Å². The van der Waals surface area contributed by atoms with Gasteiger partial charge in [0.1, 0.15) is 6.61 Å². The predicted octanol–water partition coefficient (Wildman–Crippen LogP) is 6.09. The minimum atomic E-state index is -0.529. The Kier molecular flexibility index (Phi) is 6.74. The molecular weight excluding hydrogens is 492 g/mol. The Morgan fingerprint density at radius 1 is 0.973 bits per heavy atom. The van der Waals surface area contributed by atoms with E-state index < -0.39 is 4.92 Å². The van der Waals surface area contributed by atoms with Crippen molar-refractivity contribution in [3.05, 3.63) is 134 Å². The van der Waals surface area contributed by atoms with E-state index in [1.807, 2.05) is 42.5 Å². The minimum absolute atomic E-state index is 0.0759. The average Bonchev–Trinajstić information content (AvgIpc) is 2.92. The van der Waals surface area contributed by atoms with E-state index in [-0.39, 0.29) is 23.6 Å². The van der Waals surface area contributed by atoms with Gasteiger partial charge in [-0.25, -0.2) is 4.98 Å². The summed E-state index contributed by atoms with van der Waals surface area (Å²) in [4.78, 5) is 29.2. The van der Waals surface area contributed by atoms with Crippen molar-refractivity contribution in [2.24, 2.45) is 5.10 Å². The lowest BCUT2D eigenvalue weighted by Gasteiger charge is -2.10. The van der Waals surface area contributed by atoms with Crippen LogP contribution in [0.3, 0.4) is 0 Å². The van der Waals surface area contributed by atoms with Crippen LogP contribution in [0.2, 0.25) is 5.02 Å². The van der Waals surface area contributed by atoms with Crippen molar-refractivity contribution in [2.45, 2.75) is 6.61 Å². The van der Waals surface area contributed by atoms with Gasteiger partial charge in [0.2, 0.25) is 0 Å². The molecule has 0 aliphatic heterocycles. The van der Waals surface area contributed by atoms with Crippen LogP contribution in [0.4, 0.5) is 5.69 Å². The summed E-state index contributed by atoms with van der Waals surface area (Å²) in [6, 6.07) is 27.8. The van der Waals surface area contributed by atoms with E-state index in [0.29, 0.717) is 38.4 Å². The van der Waals surface area contributed by atoms with Crippen molar-refractivity contribution in [3.63, 3.8) is 0 Å². The number of nitro groups is 1. The number of aromatic nitrogens is 2. The summed E-state index contributed by atoms with van der Waals surface area (Å²) in [6.45, 7) is 0.0759. The van der Waals surface area contributed by atoms with Crippen molar-refractivity contribution in [1.29, 1.82) is 0 Å². The third kappa shape index (κ3) is 5.10. The highest BCUT2D eigenvalue weighted by Gasteiger charge is 2.17. The van der Waals surface area contributed by atoms with E-state index in [9.17, 15) is 14.9 Å². The van der Waals surface area contributed by atoms with E-state index in [2.05, 4.69) is 10.1 Å². The molecule has 0 aliphatic rings. The maximum Gasteiger partial charge on any atom is 0.311 e. The highest BCUT2D eigenvalue weighted by atomic mass is 35.5. The Balaban J connectivity index is 1.51. The van der Waals surface area contributed by atoms with Gasteiger partial charge in [0.05, 0.1) is 22.0 Å². The number of ether oxygens (including phenoxy) is 1. The first-order valence-electron chi connectivity index (χ1n) is 11.3. The van der Waals surface area contributed by atoms with Crippen molar-refractivity contribution in [2.75, 3.05) is 0 Å². The first-order valence-corrected chi connectivity index (χ1v) is 11.7. The van der Waals surface area contributed by atoms with Crippen LogP contribution in [0.15, 0.2) is 107 Å². The van der Waals surface area contributed by atoms with Gasteiger partial charge in [-0.05, 0) is 30.3 Å². The molecule has 0 aliphatic carbocycles. The highest BCUT2D eigenvalue weighted by Crippen LogP contribution is 2.29. The molecule has 37 heavy (non-hydrogen) atoms. The molecule has 182 valence electrons. The van der Waals surface area contributed by atoms with Crippen LogP contribution in [0.25, 0.3) is 22.3 Å². The summed E-state index contributed by atoms with van der Waals surface area (Å²) in [5.41, 5.74) is 1.79. The second-order valence-corrected chi connectivity index (χ2v) is 8.45. The monoisotopic (exact) mass is 510 g/mol. The van der Waals surface area contributed by atoms with Crippen LogP contribution in [-0.4, -0.2) is 20.8 Å². The molecule has 0 unspecified atom stereocenters. The van der Waals surface area contributed by atoms with Crippen LogP contribution < -0.4 is 10.3 Å².